The minimum absolute atomic E-state index is 0.0686. The van der Waals surface area contributed by atoms with Gasteiger partial charge in [-0.1, -0.05) is 62.4 Å². The van der Waals surface area contributed by atoms with Crippen LogP contribution >= 0.6 is 11.3 Å². The van der Waals surface area contributed by atoms with Gasteiger partial charge >= 0.3 is 0 Å². The highest BCUT2D eigenvalue weighted by atomic mass is 32.1. The van der Waals surface area contributed by atoms with Crippen molar-refractivity contribution in [1.82, 2.24) is 19.4 Å². The predicted octanol–water partition coefficient (Wildman–Crippen LogP) is 5.14. The van der Waals surface area contributed by atoms with Crippen molar-refractivity contribution < 1.29 is 14.3 Å². The van der Waals surface area contributed by atoms with Crippen LogP contribution < -0.4 is 5.32 Å². The number of rotatable bonds is 10. The van der Waals surface area contributed by atoms with Crippen molar-refractivity contribution >= 4 is 29.1 Å². The molecule has 2 aromatic heterocycles. The fourth-order valence-electron chi connectivity index (χ4n) is 4.67. The number of thiophene rings is 1. The molecule has 40 heavy (non-hydrogen) atoms. The summed E-state index contributed by atoms with van der Waals surface area (Å²) in [5.74, 6) is 0.395. The Hall–Kier alpha value is -3.79. The van der Waals surface area contributed by atoms with E-state index in [9.17, 15) is 9.59 Å². The number of hydrogen-bond donors (Lipinski definition) is 1. The van der Waals surface area contributed by atoms with Crippen LogP contribution in [0, 0.1) is 0 Å². The molecule has 0 radical (unpaired) electrons. The maximum Gasteiger partial charge on any atom is 0.264 e. The maximum absolute atomic E-state index is 13.4. The summed E-state index contributed by atoms with van der Waals surface area (Å²) < 4.78 is 7.34. The first-order valence-corrected chi connectivity index (χ1v) is 14.5. The van der Waals surface area contributed by atoms with Crippen LogP contribution in [0.4, 0.5) is 5.95 Å². The number of benzene rings is 2. The van der Waals surface area contributed by atoms with E-state index in [4.69, 9.17) is 9.72 Å². The van der Waals surface area contributed by atoms with Gasteiger partial charge in [-0.15, -0.1) is 11.3 Å². The number of imidazole rings is 1. The first kappa shape index (κ1) is 27.8. The molecule has 0 spiro atoms. The fourth-order valence-corrected chi connectivity index (χ4v) is 5.36. The molecule has 9 heteroatoms. The lowest BCUT2D eigenvalue weighted by atomic mass is 10.0. The Morgan fingerprint density at radius 1 is 1.02 bits per heavy atom. The Labute approximate surface area is 239 Å². The van der Waals surface area contributed by atoms with Gasteiger partial charge in [-0.2, -0.15) is 0 Å². The Bertz CT molecular complexity index is 1390. The van der Waals surface area contributed by atoms with Crippen molar-refractivity contribution in [3.63, 3.8) is 0 Å². The van der Waals surface area contributed by atoms with Gasteiger partial charge in [0.15, 0.2) is 0 Å². The first-order chi connectivity index (χ1) is 19.5. The molecule has 4 aromatic rings. The molecule has 1 aliphatic heterocycles. The topological polar surface area (TPSA) is 79.7 Å². The van der Waals surface area contributed by atoms with E-state index < -0.39 is 0 Å². The van der Waals surface area contributed by atoms with Crippen LogP contribution in [0.25, 0.3) is 16.9 Å². The van der Waals surface area contributed by atoms with Gasteiger partial charge in [-0.05, 0) is 35.1 Å². The summed E-state index contributed by atoms with van der Waals surface area (Å²) in [6.45, 7) is 8.40. The number of carbonyl (C=O) groups excluding carboxylic acids is 2. The molecule has 0 unspecified atom stereocenters. The van der Waals surface area contributed by atoms with Gasteiger partial charge in [-0.3, -0.25) is 24.4 Å². The molecule has 5 rings (SSSR count). The van der Waals surface area contributed by atoms with E-state index >= 15 is 0 Å². The monoisotopic (exact) mass is 557 g/mol. The second-order valence-electron chi connectivity index (χ2n) is 10.1. The SMILES string of the molecule is CC(C)c1ccc(-n2cc(-c3ccccc3)nc2NC(=O)CN(CCN2CCOCC2)C(=O)c2cccs2)cc1. The molecule has 2 aromatic carbocycles. The van der Waals surface area contributed by atoms with E-state index in [0.29, 0.717) is 43.0 Å². The molecular formula is C31H35N5O3S. The zero-order chi connectivity index (χ0) is 27.9. The van der Waals surface area contributed by atoms with Gasteiger partial charge < -0.3 is 9.64 Å². The van der Waals surface area contributed by atoms with Crippen LogP contribution in [0.5, 0.6) is 0 Å². The third-order valence-electron chi connectivity index (χ3n) is 7.01. The van der Waals surface area contributed by atoms with Crippen molar-refractivity contribution in [2.45, 2.75) is 19.8 Å². The number of ether oxygens (including phenoxy) is 1. The minimum Gasteiger partial charge on any atom is -0.379 e. The van der Waals surface area contributed by atoms with Gasteiger partial charge in [0.05, 0.1) is 23.8 Å². The fraction of sp³-hybridized carbons (Fsp3) is 0.323. The normalized spacial score (nSPS) is 13.9. The van der Waals surface area contributed by atoms with Gasteiger partial charge in [0.1, 0.15) is 6.54 Å². The van der Waals surface area contributed by atoms with Crippen molar-refractivity contribution in [3.05, 3.63) is 88.7 Å². The van der Waals surface area contributed by atoms with Crippen molar-refractivity contribution in [2.75, 3.05) is 51.3 Å². The predicted molar refractivity (Wildman–Crippen MR) is 159 cm³/mol. The highest BCUT2D eigenvalue weighted by molar-refractivity contribution is 7.12. The van der Waals surface area contributed by atoms with Crippen molar-refractivity contribution in [3.8, 4) is 16.9 Å². The van der Waals surface area contributed by atoms with Crippen LogP contribution in [0.3, 0.4) is 0 Å². The summed E-state index contributed by atoms with van der Waals surface area (Å²) >= 11 is 1.38. The lowest BCUT2D eigenvalue weighted by molar-refractivity contribution is -0.117. The second kappa shape index (κ2) is 13.0. The zero-order valence-electron chi connectivity index (χ0n) is 23.0. The lowest BCUT2D eigenvalue weighted by Crippen LogP contribution is -2.45. The van der Waals surface area contributed by atoms with E-state index in [1.807, 2.05) is 64.7 Å². The first-order valence-electron chi connectivity index (χ1n) is 13.7. The smallest absolute Gasteiger partial charge is 0.264 e. The van der Waals surface area contributed by atoms with Gasteiger partial charge in [0.2, 0.25) is 11.9 Å². The largest absolute Gasteiger partial charge is 0.379 e. The molecular weight excluding hydrogens is 522 g/mol. The molecule has 0 bridgehead atoms. The van der Waals surface area contributed by atoms with Crippen LogP contribution in [0.2, 0.25) is 0 Å². The molecule has 1 saturated heterocycles. The van der Waals surface area contributed by atoms with Crippen LogP contribution in [0.1, 0.15) is 35.0 Å². The van der Waals surface area contributed by atoms with E-state index in [2.05, 4.69) is 36.2 Å². The van der Waals surface area contributed by atoms with E-state index in [-0.39, 0.29) is 18.4 Å². The molecule has 0 saturated carbocycles. The number of carbonyl (C=O) groups is 2. The number of nitrogens with one attached hydrogen (secondary N) is 1. The van der Waals surface area contributed by atoms with Gasteiger partial charge in [0.25, 0.3) is 5.91 Å². The summed E-state index contributed by atoms with van der Waals surface area (Å²) in [4.78, 5) is 36.0. The Morgan fingerprint density at radius 2 is 1.77 bits per heavy atom. The molecule has 8 nitrogen and oxygen atoms in total. The molecule has 208 valence electrons. The van der Waals surface area contributed by atoms with E-state index in [1.165, 1.54) is 16.9 Å². The van der Waals surface area contributed by atoms with Crippen LogP contribution in [-0.2, 0) is 9.53 Å². The third-order valence-corrected chi connectivity index (χ3v) is 7.87. The lowest BCUT2D eigenvalue weighted by Gasteiger charge is -2.29. The van der Waals surface area contributed by atoms with E-state index in [0.717, 1.165) is 30.0 Å². The summed E-state index contributed by atoms with van der Waals surface area (Å²) in [6.07, 6.45) is 1.93. The number of morpholine rings is 1. The summed E-state index contributed by atoms with van der Waals surface area (Å²) in [7, 11) is 0. The van der Waals surface area contributed by atoms with Gasteiger partial charge in [0, 0.05) is 43.6 Å². The Balaban J connectivity index is 1.37. The quantitative estimate of drug-likeness (QED) is 0.292. The van der Waals surface area contributed by atoms with Crippen LogP contribution in [0.15, 0.2) is 78.3 Å². The standard InChI is InChI=1S/C31H35N5O3S/c1-23(2)24-10-12-26(13-11-24)36-21-27(25-7-4-3-5-8-25)32-31(36)33-29(37)22-35(30(38)28-9-6-20-40-28)15-14-34-16-18-39-19-17-34/h3-13,20-21,23H,14-19,22H2,1-2H3,(H,32,33,37). The molecule has 1 fully saturated rings. The highest BCUT2D eigenvalue weighted by Crippen LogP contribution is 2.25. The summed E-state index contributed by atoms with van der Waals surface area (Å²) in [5.41, 5.74) is 3.84. The molecule has 3 heterocycles. The molecule has 0 atom stereocenters. The van der Waals surface area contributed by atoms with E-state index in [1.54, 1.807) is 11.0 Å². The average molecular weight is 558 g/mol. The van der Waals surface area contributed by atoms with Crippen molar-refractivity contribution in [2.24, 2.45) is 0 Å². The summed E-state index contributed by atoms with van der Waals surface area (Å²) in [5, 5.41) is 4.87. The summed E-state index contributed by atoms with van der Waals surface area (Å²) in [6, 6.07) is 21.8. The molecule has 1 aliphatic rings. The number of hydrogen-bond acceptors (Lipinski definition) is 6. The average Bonchev–Trinajstić information content (AvgIpc) is 3.67. The highest BCUT2D eigenvalue weighted by Gasteiger charge is 2.23. The third kappa shape index (κ3) is 6.85. The van der Waals surface area contributed by atoms with Crippen LogP contribution in [-0.4, -0.2) is 77.1 Å². The molecule has 0 aliphatic carbocycles. The van der Waals surface area contributed by atoms with Crippen molar-refractivity contribution in [1.29, 1.82) is 0 Å². The number of aromatic nitrogens is 2. The Kier molecular flexibility index (Phi) is 9.05. The minimum atomic E-state index is -0.294. The van der Waals surface area contributed by atoms with Gasteiger partial charge in [-0.25, -0.2) is 4.98 Å². The number of nitrogens with zero attached hydrogens (tertiary/aromatic N) is 4. The number of anilines is 1. The maximum atomic E-state index is 13.4. The molecule has 1 N–H and O–H groups in total. The number of amides is 2. The second-order valence-corrected chi connectivity index (χ2v) is 11.1. The molecule has 2 amide bonds. The Morgan fingerprint density at radius 3 is 2.45 bits per heavy atom. The zero-order valence-corrected chi connectivity index (χ0v) is 23.8.